The number of amides is 1. The van der Waals surface area contributed by atoms with E-state index in [0.717, 1.165) is 11.3 Å². The van der Waals surface area contributed by atoms with E-state index in [9.17, 15) is 9.59 Å². The fourth-order valence-corrected chi connectivity index (χ4v) is 2.30. The van der Waals surface area contributed by atoms with Gasteiger partial charge in [-0.1, -0.05) is 29.8 Å². The number of ether oxygens (including phenoxy) is 1. The summed E-state index contributed by atoms with van der Waals surface area (Å²) < 4.78 is 4.47. The number of benzene rings is 1. The number of aliphatic hydroxyl groups excluding tert-OH is 1. The number of nitrogens with one attached hydrogen (secondary N) is 1. The standard InChI is InChI=1S/C14H19NO4S/c1-10-3-5-11(6-4-10)8-20-9-13(17)15-12(7-16)14(18)19-2/h3-6,12,16H,7-9H2,1-2H3,(H,15,17). The number of thioether (sulfide) groups is 1. The molecule has 1 amide bonds. The van der Waals surface area contributed by atoms with Gasteiger partial charge in [-0.25, -0.2) is 4.79 Å². The number of carbonyl (C=O) groups excluding carboxylic acids is 2. The Morgan fingerprint density at radius 2 is 2.00 bits per heavy atom. The van der Waals surface area contributed by atoms with Crippen molar-refractivity contribution in [3.05, 3.63) is 35.4 Å². The van der Waals surface area contributed by atoms with E-state index in [1.165, 1.54) is 24.4 Å². The Hall–Kier alpha value is -1.53. The Bertz CT molecular complexity index is 447. The zero-order valence-corrected chi connectivity index (χ0v) is 12.4. The molecule has 1 unspecified atom stereocenters. The lowest BCUT2D eigenvalue weighted by molar-refractivity contribution is -0.145. The van der Waals surface area contributed by atoms with Crippen LogP contribution in [0.25, 0.3) is 0 Å². The van der Waals surface area contributed by atoms with Crippen molar-refractivity contribution in [3.8, 4) is 0 Å². The summed E-state index contributed by atoms with van der Waals surface area (Å²) in [4.78, 5) is 22.8. The molecule has 0 saturated carbocycles. The lowest BCUT2D eigenvalue weighted by atomic mass is 10.2. The zero-order valence-electron chi connectivity index (χ0n) is 11.6. The maximum absolute atomic E-state index is 11.6. The number of esters is 1. The Labute approximate surface area is 122 Å². The van der Waals surface area contributed by atoms with Crippen LogP contribution in [-0.2, 0) is 20.1 Å². The largest absolute Gasteiger partial charge is 0.467 e. The molecule has 0 bridgehead atoms. The van der Waals surface area contributed by atoms with E-state index < -0.39 is 18.6 Å². The highest BCUT2D eigenvalue weighted by atomic mass is 32.2. The molecule has 5 nitrogen and oxygen atoms in total. The summed E-state index contributed by atoms with van der Waals surface area (Å²) in [5.74, 6) is -0.00664. The average molecular weight is 297 g/mol. The van der Waals surface area contributed by atoms with E-state index >= 15 is 0 Å². The van der Waals surface area contributed by atoms with Gasteiger partial charge in [-0.3, -0.25) is 4.79 Å². The number of hydrogen-bond donors (Lipinski definition) is 2. The summed E-state index contributed by atoms with van der Waals surface area (Å²) in [7, 11) is 1.21. The van der Waals surface area contributed by atoms with Crippen LogP contribution in [0.5, 0.6) is 0 Å². The van der Waals surface area contributed by atoms with Crippen molar-refractivity contribution in [2.75, 3.05) is 19.5 Å². The van der Waals surface area contributed by atoms with Gasteiger partial charge in [0.1, 0.15) is 0 Å². The molecule has 1 aromatic rings. The highest BCUT2D eigenvalue weighted by Crippen LogP contribution is 2.12. The molecule has 0 saturated heterocycles. The van der Waals surface area contributed by atoms with Gasteiger partial charge in [-0.2, -0.15) is 0 Å². The second-order valence-electron chi connectivity index (χ2n) is 4.30. The van der Waals surface area contributed by atoms with Crippen molar-refractivity contribution in [2.45, 2.75) is 18.7 Å². The first kappa shape index (κ1) is 16.5. The van der Waals surface area contributed by atoms with E-state index in [2.05, 4.69) is 10.1 Å². The molecule has 0 heterocycles. The van der Waals surface area contributed by atoms with Crippen LogP contribution in [0, 0.1) is 6.92 Å². The summed E-state index contributed by atoms with van der Waals surface area (Å²) in [6.07, 6.45) is 0. The van der Waals surface area contributed by atoms with Crippen LogP contribution >= 0.6 is 11.8 Å². The molecule has 0 aliphatic rings. The van der Waals surface area contributed by atoms with Gasteiger partial charge < -0.3 is 15.2 Å². The first-order chi connectivity index (χ1) is 9.56. The molecule has 0 fully saturated rings. The minimum absolute atomic E-state index is 0.224. The van der Waals surface area contributed by atoms with E-state index in [-0.39, 0.29) is 11.7 Å². The molecule has 1 aromatic carbocycles. The maximum atomic E-state index is 11.6. The number of rotatable bonds is 7. The lowest BCUT2D eigenvalue weighted by Gasteiger charge is -2.13. The van der Waals surface area contributed by atoms with Gasteiger partial charge >= 0.3 is 5.97 Å². The van der Waals surface area contributed by atoms with Crippen molar-refractivity contribution < 1.29 is 19.4 Å². The van der Waals surface area contributed by atoms with Crippen molar-refractivity contribution in [1.29, 1.82) is 0 Å². The zero-order chi connectivity index (χ0) is 15.0. The lowest BCUT2D eigenvalue weighted by Crippen LogP contribution is -2.44. The monoisotopic (exact) mass is 297 g/mol. The molecule has 20 heavy (non-hydrogen) atoms. The molecule has 0 aromatic heterocycles. The number of aryl methyl sites for hydroxylation is 1. The van der Waals surface area contributed by atoms with Crippen LogP contribution in [-0.4, -0.2) is 42.5 Å². The molecule has 1 rings (SSSR count). The van der Waals surface area contributed by atoms with Crippen molar-refractivity contribution >= 4 is 23.6 Å². The fraction of sp³-hybridized carbons (Fsp3) is 0.429. The molecular weight excluding hydrogens is 278 g/mol. The smallest absolute Gasteiger partial charge is 0.330 e. The molecule has 2 N–H and O–H groups in total. The first-order valence-corrected chi connectivity index (χ1v) is 7.33. The Morgan fingerprint density at radius 1 is 1.35 bits per heavy atom. The molecule has 0 aliphatic carbocycles. The topological polar surface area (TPSA) is 75.6 Å². The number of methoxy groups -OCH3 is 1. The van der Waals surface area contributed by atoms with Crippen LogP contribution in [0.1, 0.15) is 11.1 Å². The predicted molar refractivity (Wildman–Crippen MR) is 78.4 cm³/mol. The molecule has 1 atom stereocenters. The van der Waals surface area contributed by atoms with E-state index in [4.69, 9.17) is 5.11 Å². The molecule has 6 heteroatoms. The minimum Gasteiger partial charge on any atom is -0.467 e. The first-order valence-electron chi connectivity index (χ1n) is 6.18. The molecule has 0 spiro atoms. The fourth-order valence-electron chi connectivity index (χ4n) is 1.50. The summed E-state index contributed by atoms with van der Waals surface area (Å²) in [5, 5.41) is 11.4. The van der Waals surface area contributed by atoms with E-state index in [1.54, 1.807) is 0 Å². The molecule has 0 aliphatic heterocycles. The average Bonchev–Trinajstić information content (AvgIpc) is 2.46. The van der Waals surface area contributed by atoms with E-state index in [1.807, 2.05) is 31.2 Å². The number of carbonyl (C=O) groups is 2. The Balaban J connectivity index is 2.32. The summed E-state index contributed by atoms with van der Waals surface area (Å²) in [6.45, 7) is 1.55. The minimum atomic E-state index is -0.993. The van der Waals surface area contributed by atoms with Gasteiger partial charge in [0.05, 0.1) is 19.5 Å². The summed E-state index contributed by atoms with van der Waals surface area (Å²) in [6, 6.07) is 7.09. The SMILES string of the molecule is COC(=O)C(CO)NC(=O)CSCc1ccc(C)cc1. The quantitative estimate of drug-likeness (QED) is 0.731. The molecule has 0 radical (unpaired) electrons. The van der Waals surface area contributed by atoms with Gasteiger partial charge in [0.2, 0.25) is 5.91 Å². The highest BCUT2D eigenvalue weighted by Gasteiger charge is 2.19. The number of hydrogen-bond acceptors (Lipinski definition) is 5. The van der Waals surface area contributed by atoms with Gasteiger partial charge in [0.25, 0.3) is 0 Å². The number of aliphatic hydroxyl groups is 1. The third kappa shape index (κ3) is 5.63. The third-order valence-electron chi connectivity index (χ3n) is 2.63. The molecule has 110 valence electrons. The Kier molecular flexibility index (Phi) is 7.11. The highest BCUT2D eigenvalue weighted by molar-refractivity contribution is 7.99. The molecular formula is C14H19NO4S. The van der Waals surface area contributed by atoms with Crippen LogP contribution in [0.3, 0.4) is 0 Å². The summed E-state index contributed by atoms with van der Waals surface area (Å²) >= 11 is 1.45. The maximum Gasteiger partial charge on any atom is 0.330 e. The third-order valence-corrected chi connectivity index (χ3v) is 3.63. The second-order valence-corrected chi connectivity index (χ2v) is 5.29. The predicted octanol–water partition coefficient (Wildman–Crippen LogP) is 0.878. The second kappa shape index (κ2) is 8.60. The Morgan fingerprint density at radius 3 is 2.55 bits per heavy atom. The van der Waals surface area contributed by atoms with Crippen LogP contribution < -0.4 is 5.32 Å². The van der Waals surface area contributed by atoms with Crippen LogP contribution in [0.4, 0.5) is 0 Å². The normalized spacial score (nSPS) is 11.8. The van der Waals surface area contributed by atoms with Crippen molar-refractivity contribution in [2.24, 2.45) is 0 Å². The summed E-state index contributed by atoms with van der Waals surface area (Å²) in [5.41, 5.74) is 2.33. The van der Waals surface area contributed by atoms with Crippen LogP contribution in [0.15, 0.2) is 24.3 Å². The van der Waals surface area contributed by atoms with Gasteiger partial charge in [0.15, 0.2) is 6.04 Å². The van der Waals surface area contributed by atoms with E-state index in [0.29, 0.717) is 0 Å². The van der Waals surface area contributed by atoms with Gasteiger partial charge in [0, 0.05) is 5.75 Å². The van der Waals surface area contributed by atoms with Crippen molar-refractivity contribution in [1.82, 2.24) is 5.32 Å². The van der Waals surface area contributed by atoms with Gasteiger partial charge in [-0.15, -0.1) is 11.8 Å². The van der Waals surface area contributed by atoms with Crippen molar-refractivity contribution in [3.63, 3.8) is 0 Å². The van der Waals surface area contributed by atoms with Gasteiger partial charge in [-0.05, 0) is 12.5 Å². The van der Waals surface area contributed by atoms with Crippen LogP contribution in [0.2, 0.25) is 0 Å².